The highest BCUT2D eigenvalue weighted by Crippen LogP contribution is 2.43. The summed E-state index contributed by atoms with van der Waals surface area (Å²) in [5, 5.41) is 10.2. The lowest BCUT2D eigenvalue weighted by atomic mass is 9.86. The van der Waals surface area contributed by atoms with Crippen molar-refractivity contribution >= 4 is 15.9 Å². The molecule has 112 valence electrons. The van der Waals surface area contributed by atoms with Crippen LogP contribution in [0.2, 0.25) is 0 Å². The summed E-state index contributed by atoms with van der Waals surface area (Å²) in [7, 11) is 0. The average molecular weight is 353 g/mol. The number of benzene rings is 1. The van der Waals surface area contributed by atoms with Crippen molar-refractivity contribution in [2.24, 2.45) is 0 Å². The lowest BCUT2D eigenvalue weighted by Gasteiger charge is -2.38. The average Bonchev–Trinajstić information content (AvgIpc) is 2.28. The molecule has 1 aliphatic rings. The number of halogens is 4. The van der Waals surface area contributed by atoms with Crippen LogP contribution in [-0.2, 0) is 0 Å². The molecule has 0 saturated heterocycles. The Morgan fingerprint density at radius 2 is 2.15 bits per heavy atom. The predicted molar refractivity (Wildman–Crippen MR) is 72.7 cm³/mol. The summed E-state index contributed by atoms with van der Waals surface area (Å²) in [5.74, 6) is 0.543. The van der Waals surface area contributed by atoms with Gasteiger partial charge in [-0.05, 0) is 38.0 Å². The van der Waals surface area contributed by atoms with E-state index in [0.717, 1.165) is 4.47 Å². The number of alkyl halides is 3. The van der Waals surface area contributed by atoms with Gasteiger partial charge >= 0.3 is 6.18 Å². The monoisotopic (exact) mass is 352 g/mol. The maximum absolute atomic E-state index is 12.2. The SMILES string of the molecule is CC1(CCCC(F)(F)F)CC(O)c2cc(Br)ccc2O1. The van der Waals surface area contributed by atoms with Gasteiger partial charge in [-0.2, -0.15) is 13.2 Å². The van der Waals surface area contributed by atoms with Crippen molar-refractivity contribution in [3.63, 3.8) is 0 Å². The first kappa shape index (κ1) is 15.6. The van der Waals surface area contributed by atoms with E-state index >= 15 is 0 Å². The molecular formula is C14H16BrF3O2. The van der Waals surface area contributed by atoms with Crippen molar-refractivity contribution in [1.29, 1.82) is 0 Å². The molecule has 1 aromatic carbocycles. The highest BCUT2D eigenvalue weighted by atomic mass is 79.9. The number of aliphatic hydroxyl groups is 1. The fraction of sp³-hybridized carbons (Fsp3) is 0.571. The highest BCUT2D eigenvalue weighted by molar-refractivity contribution is 9.10. The zero-order valence-corrected chi connectivity index (χ0v) is 12.6. The molecule has 1 aromatic rings. The number of fused-ring (bicyclic) bond motifs is 1. The van der Waals surface area contributed by atoms with Crippen LogP contribution in [0.4, 0.5) is 13.2 Å². The molecule has 2 nitrogen and oxygen atoms in total. The molecular weight excluding hydrogens is 337 g/mol. The van der Waals surface area contributed by atoms with E-state index in [9.17, 15) is 18.3 Å². The summed E-state index contributed by atoms with van der Waals surface area (Å²) < 4.78 is 43.2. The number of aliphatic hydroxyl groups excluding tert-OH is 1. The lowest BCUT2D eigenvalue weighted by Crippen LogP contribution is -2.38. The van der Waals surface area contributed by atoms with Gasteiger partial charge in [0.15, 0.2) is 0 Å². The molecule has 0 bridgehead atoms. The zero-order chi connectivity index (χ0) is 15.0. The molecule has 0 spiro atoms. The van der Waals surface area contributed by atoms with E-state index in [1.54, 1.807) is 25.1 Å². The first-order valence-corrected chi connectivity index (χ1v) is 7.21. The van der Waals surface area contributed by atoms with Crippen LogP contribution in [0.3, 0.4) is 0 Å². The van der Waals surface area contributed by atoms with Gasteiger partial charge in [0.2, 0.25) is 0 Å². The largest absolute Gasteiger partial charge is 0.487 e. The summed E-state index contributed by atoms with van der Waals surface area (Å²) in [6.45, 7) is 1.75. The van der Waals surface area contributed by atoms with E-state index in [2.05, 4.69) is 15.9 Å². The van der Waals surface area contributed by atoms with Crippen molar-refractivity contribution in [3.05, 3.63) is 28.2 Å². The van der Waals surface area contributed by atoms with Crippen LogP contribution in [0.15, 0.2) is 22.7 Å². The molecule has 0 fully saturated rings. The summed E-state index contributed by atoms with van der Waals surface area (Å²) in [4.78, 5) is 0. The Morgan fingerprint density at radius 3 is 2.80 bits per heavy atom. The minimum absolute atomic E-state index is 0.00141. The molecule has 0 aromatic heterocycles. The zero-order valence-electron chi connectivity index (χ0n) is 11.0. The van der Waals surface area contributed by atoms with Crippen molar-refractivity contribution in [1.82, 2.24) is 0 Å². The second-order valence-corrected chi connectivity index (χ2v) is 6.34. The van der Waals surface area contributed by atoms with E-state index in [4.69, 9.17) is 4.74 Å². The van der Waals surface area contributed by atoms with Crippen molar-refractivity contribution < 1.29 is 23.0 Å². The van der Waals surface area contributed by atoms with Crippen LogP contribution in [-0.4, -0.2) is 16.9 Å². The van der Waals surface area contributed by atoms with Crippen LogP contribution < -0.4 is 4.74 Å². The molecule has 0 radical (unpaired) electrons. The van der Waals surface area contributed by atoms with Gasteiger partial charge in [0.1, 0.15) is 11.4 Å². The summed E-state index contributed by atoms with van der Waals surface area (Å²) in [5.41, 5.74) is -0.0847. The smallest absolute Gasteiger partial charge is 0.389 e. The molecule has 0 aliphatic carbocycles. The summed E-state index contributed by atoms with van der Waals surface area (Å²) in [6.07, 6.45) is -5.12. The quantitative estimate of drug-likeness (QED) is 0.849. The second-order valence-electron chi connectivity index (χ2n) is 5.42. The fourth-order valence-corrected chi connectivity index (χ4v) is 2.89. The third-order valence-corrected chi connectivity index (χ3v) is 3.97. The standard InChI is InChI=1S/C14H16BrF3O2/c1-13(5-2-6-14(16,17)18)8-11(19)10-7-9(15)3-4-12(10)20-13/h3-4,7,11,19H,2,5-6,8H2,1H3. The summed E-state index contributed by atoms with van der Waals surface area (Å²) in [6, 6.07) is 5.28. The van der Waals surface area contributed by atoms with Crippen LogP contribution in [0.25, 0.3) is 0 Å². The predicted octanol–water partition coefficient (Wildman–Crippen LogP) is 4.76. The van der Waals surface area contributed by atoms with Crippen molar-refractivity contribution in [2.75, 3.05) is 0 Å². The van der Waals surface area contributed by atoms with Gasteiger partial charge in [0.25, 0.3) is 0 Å². The minimum atomic E-state index is -4.15. The van der Waals surface area contributed by atoms with Gasteiger partial charge in [-0.25, -0.2) is 0 Å². The van der Waals surface area contributed by atoms with Crippen molar-refractivity contribution in [2.45, 2.75) is 50.5 Å². The molecule has 6 heteroatoms. The molecule has 1 N–H and O–H groups in total. The first-order chi connectivity index (χ1) is 9.19. The topological polar surface area (TPSA) is 29.5 Å². The van der Waals surface area contributed by atoms with Gasteiger partial charge in [-0.1, -0.05) is 15.9 Å². The van der Waals surface area contributed by atoms with Gasteiger partial charge < -0.3 is 9.84 Å². The maximum Gasteiger partial charge on any atom is 0.389 e. The van der Waals surface area contributed by atoms with E-state index in [1.165, 1.54) is 0 Å². The molecule has 1 heterocycles. The second kappa shape index (κ2) is 5.56. The molecule has 0 saturated carbocycles. The Morgan fingerprint density at radius 1 is 1.45 bits per heavy atom. The number of hydrogen-bond donors (Lipinski definition) is 1. The molecule has 1 aliphatic heterocycles. The number of ether oxygens (including phenoxy) is 1. The molecule has 20 heavy (non-hydrogen) atoms. The third kappa shape index (κ3) is 3.88. The first-order valence-electron chi connectivity index (χ1n) is 6.42. The molecule has 0 amide bonds. The Balaban J connectivity index is 2.06. The van der Waals surface area contributed by atoms with Crippen molar-refractivity contribution in [3.8, 4) is 5.75 Å². The number of hydrogen-bond acceptors (Lipinski definition) is 2. The normalized spacial score (nSPS) is 26.0. The molecule has 2 atom stereocenters. The van der Waals surface area contributed by atoms with Gasteiger partial charge in [-0.15, -0.1) is 0 Å². The van der Waals surface area contributed by atoms with Gasteiger partial charge in [0, 0.05) is 22.9 Å². The lowest BCUT2D eigenvalue weighted by molar-refractivity contribution is -0.138. The minimum Gasteiger partial charge on any atom is -0.487 e. The Labute approximate surface area is 124 Å². The summed E-state index contributed by atoms with van der Waals surface area (Å²) >= 11 is 3.32. The number of rotatable bonds is 3. The van der Waals surface area contributed by atoms with Crippen LogP contribution in [0.5, 0.6) is 5.75 Å². The molecule has 2 unspecified atom stereocenters. The maximum atomic E-state index is 12.2. The Bertz CT molecular complexity index is 490. The third-order valence-electron chi connectivity index (χ3n) is 3.48. The highest BCUT2D eigenvalue weighted by Gasteiger charge is 2.37. The fourth-order valence-electron chi connectivity index (χ4n) is 2.51. The van der Waals surface area contributed by atoms with Crippen LogP contribution >= 0.6 is 15.9 Å². The Kier molecular flexibility index (Phi) is 4.35. The molecule has 2 rings (SSSR count). The van der Waals surface area contributed by atoms with Gasteiger partial charge in [0.05, 0.1) is 6.10 Å². The van der Waals surface area contributed by atoms with E-state index in [1.807, 2.05) is 0 Å². The van der Waals surface area contributed by atoms with E-state index < -0.39 is 24.3 Å². The Hall–Kier alpha value is -0.750. The van der Waals surface area contributed by atoms with Crippen LogP contribution in [0, 0.1) is 0 Å². The van der Waals surface area contributed by atoms with E-state index in [0.29, 0.717) is 17.7 Å². The van der Waals surface area contributed by atoms with Gasteiger partial charge in [-0.3, -0.25) is 0 Å². The van der Waals surface area contributed by atoms with Crippen LogP contribution in [0.1, 0.15) is 44.3 Å². The van der Waals surface area contributed by atoms with E-state index in [-0.39, 0.29) is 12.8 Å².